The summed E-state index contributed by atoms with van der Waals surface area (Å²) in [4.78, 5) is 14.9. The van der Waals surface area contributed by atoms with Gasteiger partial charge in [0.25, 0.3) is 0 Å². The molecule has 0 aliphatic carbocycles. The summed E-state index contributed by atoms with van der Waals surface area (Å²) in [5, 5.41) is 12.6. The molecule has 0 aliphatic rings. The van der Waals surface area contributed by atoms with Gasteiger partial charge in [0.1, 0.15) is 0 Å². The van der Waals surface area contributed by atoms with E-state index in [1.165, 1.54) is 0 Å². The molecule has 1 unspecified atom stereocenters. The van der Waals surface area contributed by atoms with Crippen molar-refractivity contribution in [2.45, 2.75) is 19.8 Å². The SMILES string of the molecule is CC(CC(=O)O)Cc1nc(-c2cccc(Br)c2)no1. The molecule has 19 heavy (non-hydrogen) atoms. The largest absolute Gasteiger partial charge is 0.481 e. The van der Waals surface area contributed by atoms with Crippen LogP contribution in [0.3, 0.4) is 0 Å². The molecule has 1 N–H and O–H groups in total. The summed E-state index contributed by atoms with van der Waals surface area (Å²) in [6, 6.07) is 7.59. The number of hydrogen-bond acceptors (Lipinski definition) is 4. The van der Waals surface area contributed by atoms with Crippen LogP contribution >= 0.6 is 15.9 Å². The van der Waals surface area contributed by atoms with Crippen molar-refractivity contribution in [2.24, 2.45) is 5.92 Å². The first kappa shape index (κ1) is 13.7. The fraction of sp³-hybridized carbons (Fsp3) is 0.308. The van der Waals surface area contributed by atoms with Crippen molar-refractivity contribution < 1.29 is 14.4 Å². The molecule has 1 aromatic heterocycles. The van der Waals surface area contributed by atoms with Crippen molar-refractivity contribution in [3.63, 3.8) is 0 Å². The Kier molecular flexibility index (Phi) is 4.31. The van der Waals surface area contributed by atoms with E-state index in [2.05, 4.69) is 26.1 Å². The van der Waals surface area contributed by atoms with Gasteiger partial charge in [0.15, 0.2) is 0 Å². The van der Waals surface area contributed by atoms with Gasteiger partial charge in [-0.1, -0.05) is 40.1 Å². The molecule has 2 aromatic rings. The number of carboxylic acid groups (broad SMARTS) is 1. The van der Waals surface area contributed by atoms with Gasteiger partial charge >= 0.3 is 5.97 Å². The molecule has 2 rings (SSSR count). The third kappa shape index (κ3) is 3.89. The van der Waals surface area contributed by atoms with Crippen LogP contribution < -0.4 is 0 Å². The van der Waals surface area contributed by atoms with E-state index >= 15 is 0 Å². The average molecular weight is 325 g/mol. The van der Waals surface area contributed by atoms with E-state index in [4.69, 9.17) is 9.63 Å². The minimum absolute atomic E-state index is 0.0340. The molecule has 6 heteroatoms. The van der Waals surface area contributed by atoms with E-state index in [1.54, 1.807) is 0 Å². The highest BCUT2D eigenvalue weighted by Crippen LogP contribution is 2.21. The number of carbonyl (C=O) groups is 1. The number of aliphatic carboxylic acids is 1. The molecule has 1 aromatic carbocycles. The number of aromatic nitrogens is 2. The molecule has 0 spiro atoms. The van der Waals surface area contributed by atoms with Crippen molar-refractivity contribution in [2.75, 3.05) is 0 Å². The summed E-state index contributed by atoms with van der Waals surface area (Å²) in [5.41, 5.74) is 0.857. The van der Waals surface area contributed by atoms with Crippen LogP contribution in [0.25, 0.3) is 11.4 Å². The predicted octanol–water partition coefficient (Wildman–Crippen LogP) is 3.15. The van der Waals surface area contributed by atoms with Crippen molar-refractivity contribution in [1.29, 1.82) is 0 Å². The Hall–Kier alpha value is -1.69. The highest BCUT2D eigenvalue weighted by atomic mass is 79.9. The van der Waals surface area contributed by atoms with Crippen molar-refractivity contribution in [1.82, 2.24) is 10.1 Å². The third-order valence-electron chi connectivity index (χ3n) is 2.60. The van der Waals surface area contributed by atoms with Gasteiger partial charge in [-0.25, -0.2) is 0 Å². The molecule has 0 fully saturated rings. The second-order valence-corrected chi connectivity index (χ2v) is 5.34. The summed E-state index contributed by atoms with van der Waals surface area (Å²) < 4.78 is 6.08. The maximum absolute atomic E-state index is 10.6. The van der Waals surface area contributed by atoms with Crippen LogP contribution in [0.4, 0.5) is 0 Å². The quantitative estimate of drug-likeness (QED) is 0.914. The van der Waals surface area contributed by atoms with Gasteiger partial charge in [-0.15, -0.1) is 0 Å². The van der Waals surface area contributed by atoms with Crippen LogP contribution in [0.15, 0.2) is 33.3 Å². The first-order chi connectivity index (χ1) is 9.04. The molecule has 0 saturated heterocycles. The maximum Gasteiger partial charge on any atom is 0.303 e. The van der Waals surface area contributed by atoms with E-state index in [-0.39, 0.29) is 12.3 Å². The van der Waals surface area contributed by atoms with E-state index in [1.807, 2.05) is 31.2 Å². The zero-order chi connectivity index (χ0) is 13.8. The minimum atomic E-state index is -0.820. The Morgan fingerprint density at radius 1 is 1.53 bits per heavy atom. The van der Waals surface area contributed by atoms with E-state index < -0.39 is 5.97 Å². The zero-order valence-electron chi connectivity index (χ0n) is 10.3. The Labute approximate surface area is 118 Å². The molecule has 0 saturated carbocycles. The number of carboxylic acids is 1. The average Bonchev–Trinajstić information content (AvgIpc) is 2.76. The Balaban J connectivity index is 2.09. The lowest BCUT2D eigenvalue weighted by Gasteiger charge is -2.03. The Morgan fingerprint density at radius 3 is 3.00 bits per heavy atom. The Morgan fingerprint density at radius 2 is 2.32 bits per heavy atom. The van der Waals surface area contributed by atoms with Crippen molar-refractivity contribution >= 4 is 21.9 Å². The lowest BCUT2D eigenvalue weighted by atomic mass is 10.0. The smallest absolute Gasteiger partial charge is 0.303 e. The molecule has 0 bridgehead atoms. The van der Waals surface area contributed by atoms with E-state index in [9.17, 15) is 4.79 Å². The first-order valence-corrected chi connectivity index (χ1v) is 6.64. The molecule has 1 atom stereocenters. The second kappa shape index (κ2) is 5.97. The highest BCUT2D eigenvalue weighted by molar-refractivity contribution is 9.10. The van der Waals surface area contributed by atoms with Crippen LogP contribution in [-0.2, 0) is 11.2 Å². The normalized spacial score (nSPS) is 12.3. The third-order valence-corrected chi connectivity index (χ3v) is 3.09. The molecule has 0 radical (unpaired) electrons. The van der Waals surface area contributed by atoms with Gasteiger partial charge in [0, 0.05) is 22.9 Å². The summed E-state index contributed by atoms with van der Waals surface area (Å²) in [6.07, 6.45) is 0.557. The van der Waals surface area contributed by atoms with Crippen LogP contribution in [0.1, 0.15) is 19.2 Å². The standard InChI is InChI=1S/C13H13BrN2O3/c1-8(6-12(17)18)5-11-15-13(16-19-11)9-3-2-4-10(14)7-9/h2-4,7-8H,5-6H2,1H3,(H,17,18). The summed E-state index contributed by atoms with van der Waals surface area (Å²) in [6.45, 7) is 1.84. The van der Waals surface area contributed by atoms with Crippen molar-refractivity contribution in [3.05, 3.63) is 34.6 Å². The molecule has 100 valence electrons. The lowest BCUT2D eigenvalue weighted by Crippen LogP contribution is -2.07. The molecule has 0 amide bonds. The van der Waals surface area contributed by atoms with Gasteiger partial charge in [0.05, 0.1) is 0 Å². The van der Waals surface area contributed by atoms with Gasteiger partial charge in [-0.05, 0) is 18.1 Å². The van der Waals surface area contributed by atoms with Crippen LogP contribution in [0.5, 0.6) is 0 Å². The maximum atomic E-state index is 10.6. The highest BCUT2D eigenvalue weighted by Gasteiger charge is 2.14. The minimum Gasteiger partial charge on any atom is -0.481 e. The van der Waals surface area contributed by atoms with E-state index in [0.29, 0.717) is 18.1 Å². The fourth-order valence-electron chi connectivity index (χ4n) is 1.75. The van der Waals surface area contributed by atoms with Gasteiger partial charge in [0.2, 0.25) is 11.7 Å². The predicted molar refractivity (Wildman–Crippen MR) is 72.6 cm³/mol. The number of nitrogens with zero attached hydrogens (tertiary/aromatic N) is 2. The van der Waals surface area contributed by atoms with Crippen LogP contribution in [-0.4, -0.2) is 21.2 Å². The fourth-order valence-corrected chi connectivity index (χ4v) is 2.15. The number of rotatable bonds is 5. The molecule has 0 aliphatic heterocycles. The van der Waals surface area contributed by atoms with Crippen LogP contribution in [0, 0.1) is 5.92 Å². The molecular formula is C13H13BrN2O3. The number of hydrogen-bond donors (Lipinski definition) is 1. The monoisotopic (exact) mass is 324 g/mol. The van der Waals surface area contributed by atoms with Gasteiger partial charge < -0.3 is 9.63 Å². The lowest BCUT2D eigenvalue weighted by molar-refractivity contribution is -0.137. The first-order valence-electron chi connectivity index (χ1n) is 5.85. The second-order valence-electron chi connectivity index (χ2n) is 4.43. The zero-order valence-corrected chi connectivity index (χ0v) is 11.9. The topological polar surface area (TPSA) is 76.2 Å². The van der Waals surface area contributed by atoms with Gasteiger partial charge in [-0.2, -0.15) is 4.98 Å². The summed E-state index contributed by atoms with van der Waals surface area (Å²) >= 11 is 3.38. The van der Waals surface area contributed by atoms with Crippen LogP contribution in [0.2, 0.25) is 0 Å². The number of halogens is 1. The molecular weight excluding hydrogens is 312 g/mol. The van der Waals surface area contributed by atoms with Gasteiger partial charge in [-0.3, -0.25) is 4.79 Å². The molecule has 5 nitrogen and oxygen atoms in total. The summed E-state index contributed by atoms with van der Waals surface area (Å²) in [7, 11) is 0. The summed E-state index contributed by atoms with van der Waals surface area (Å²) in [5.74, 6) is 0.120. The Bertz CT molecular complexity index is 583. The number of benzene rings is 1. The molecule has 1 heterocycles. The van der Waals surface area contributed by atoms with Crippen molar-refractivity contribution in [3.8, 4) is 11.4 Å². The van der Waals surface area contributed by atoms with E-state index in [0.717, 1.165) is 10.0 Å².